The molecule has 0 atom stereocenters. The summed E-state index contributed by atoms with van der Waals surface area (Å²) in [4.78, 5) is 4.35. The number of nitrogen functional groups attached to an aromatic ring is 1. The van der Waals surface area contributed by atoms with E-state index in [0.717, 1.165) is 18.4 Å². The van der Waals surface area contributed by atoms with E-state index in [-0.39, 0.29) is 5.75 Å². The third-order valence-corrected chi connectivity index (χ3v) is 3.52. The number of fused-ring (bicyclic) bond motifs is 1. The van der Waals surface area contributed by atoms with Crippen molar-refractivity contribution in [2.24, 2.45) is 5.84 Å². The number of hydrazine groups is 1. The van der Waals surface area contributed by atoms with Crippen molar-refractivity contribution in [2.45, 2.75) is 31.7 Å². The number of nitrogens with zero attached hydrogens (tertiary/aromatic N) is 2. The number of hydrogen-bond donors (Lipinski definition) is 3. The van der Waals surface area contributed by atoms with E-state index in [0.29, 0.717) is 17.5 Å². The first kappa shape index (κ1) is 10.4. The molecule has 0 saturated heterocycles. The van der Waals surface area contributed by atoms with Crippen LogP contribution < -0.4 is 11.3 Å². The van der Waals surface area contributed by atoms with E-state index >= 15 is 0 Å². The molecule has 90 valence electrons. The Morgan fingerprint density at radius 1 is 1.35 bits per heavy atom. The summed E-state index contributed by atoms with van der Waals surface area (Å²) in [5.41, 5.74) is 4.20. The van der Waals surface area contributed by atoms with Crippen molar-refractivity contribution in [1.29, 1.82) is 0 Å². The molecule has 0 unspecified atom stereocenters. The fourth-order valence-corrected chi connectivity index (χ4v) is 2.74. The Morgan fingerprint density at radius 3 is 2.82 bits per heavy atom. The van der Waals surface area contributed by atoms with Gasteiger partial charge in [-0.25, -0.2) is 10.8 Å². The van der Waals surface area contributed by atoms with Gasteiger partial charge in [0.2, 0.25) is 5.95 Å². The van der Waals surface area contributed by atoms with Crippen molar-refractivity contribution in [3.63, 3.8) is 0 Å². The first-order valence-electron chi connectivity index (χ1n) is 5.98. The number of imidazole rings is 1. The molecule has 1 aromatic heterocycles. The quantitative estimate of drug-likeness (QED) is 0.547. The molecule has 1 aliphatic carbocycles. The summed E-state index contributed by atoms with van der Waals surface area (Å²) in [5.74, 6) is 6.35. The Bertz CT molecular complexity index is 543. The number of rotatable bonds is 2. The monoisotopic (exact) mass is 232 g/mol. The number of anilines is 1. The zero-order valence-corrected chi connectivity index (χ0v) is 9.56. The summed E-state index contributed by atoms with van der Waals surface area (Å²) in [6.45, 7) is 0. The van der Waals surface area contributed by atoms with Gasteiger partial charge in [-0.15, -0.1) is 0 Å². The Morgan fingerprint density at radius 2 is 2.12 bits per heavy atom. The maximum absolute atomic E-state index is 9.80. The fraction of sp³-hybridized carbons (Fsp3) is 0.417. The first-order chi connectivity index (χ1) is 8.31. The van der Waals surface area contributed by atoms with Crippen LogP contribution in [-0.4, -0.2) is 14.7 Å². The number of nitrogens with two attached hydrogens (primary N) is 1. The van der Waals surface area contributed by atoms with E-state index in [1.165, 1.54) is 12.8 Å². The van der Waals surface area contributed by atoms with Gasteiger partial charge in [-0.3, -0.25) is 5.43 Å². The van der Waals surface area contributed by atoms with E-state index in [2.05, 4.69) is 15.0 Å². The standard InChI is InChI=1S/C12H16N4O/c13-15-12-14-11-9(6-3-7-10(11)17)16(12)8-4-1-2-5-8/h3,6-8,17H,1-2,4-5,13H2,(H,14,15). The van der Waals surface area contributed by atoms with Crippen LogP contribution in [0.5, 0.6) is 5.75 Å². The van der Waals surface area contributed by atoms with Gasteiger partial charge >= 0.3 is 0 Å². The smallest absolute Gasteiger partial charge is 0.218 e. The number of hydrogen-bond acceptors (Lipinski definition) is 4. The molecule has 1 heterocycles. The molecule has 2 aromatic rings. The highest BCUT2D eigenvalue weighted by atomic mass is 16.3. The van der Waals surface area contributed by atoms with Crippen LogP contribution in [0.4, 0.5) is 5.95 Å². The largest absolute Gasteiger partial charge is 0.506 e. The normalized spacial score (nSPS) is 16.8. The topological polar surface area (TPSA) is 76.1 Å². The SMILES string of the molecule is NNc1nc2c(O)cccc2n1C1CCCC1. The second-order valence-electron chi connectivity index (χ2n) is 4.53. The molecule has 5 heteroatoms. The van der Waals surface area contributed by atoms with Crippen LogP contribution in [0.25, 0.3) is 11.0 Å². The molecule has 0 radical (unpaired) electrons. The maximum atomic E-state index is 9.80. The van der Waals surface area contributed by atoms with Gasteiger partial charge in [0.25, 0.3) is 0 Å². The lowest BCUT2D eigenvalue weighted by molar-refractivity contribution is 0.480. The summed E-state index contributed by atoms with van der Waals surface area (Å²) in [7, 11) is 0. The van der Waals surface area contributed by atoms with Gasteiger partial charge in [0, 0.05) is 6.04 Å². The van der Waals surface area contributed by atoms with Crippen LogP contribution in [0.15, 0.2) is 18.2 Å². The summed E-state index contributed by atoms with van der Waals surface area (Å²) >= 11 is 0. The Hall–Kier alpha value is -1.75. The summed E-state index contributed by atoms with van der Waals surface area (Å²) in [5, 5.41) is 9.80. The van der Waals surface area contributed by atoms with Crippen LogP contribution in [-0.2, 0) is 0 Å². The van der Waals surface area contributed by atoms with Crippen LogP contribution in [0.3, 0.4) is 0 Å². The highest BCUT2D eigenvalue weighted by molar-refractivity contribution is 5.84. The zero-order valence-electron chi connectivity index (χ0n) is 9.56. The van der Waals surface area contributed by atoms with Gasteiger partial charge in [0.15, 0.2) is 0 Å². The summed E-state index contributed by atoms with van der Waals surface area (Å²) in [6, 6.07) is 5.90. The maximum Gasteiger partial charge on any atom is 0.218 e. The molecular formula is C12H16N4O. The number of nitrogens with one attached hydrogen (secondary N) is 1. The van der Waals surface area contributed by atoms with E-state index in [4.69, 9.17) is 5.84 Å². The zero-order chi connectivity index (χ0) is 11.8. The summed E-state index contributed by atoms with van der Waals surface area (Å²) < 4.78 is 2.11. The van der Waals surface area contributed by atoms with Gasteiger partial charge in [-0.05, 0) is 25.0 Å². The van der Waals surface area contributed by atoms with Crippen molar-refractivity contribution in [3.8, 4) is 5.75 Å². The molecule has 4 N–H and O–H groups in total. The predicted molar refractivity (Wildman–Crippen MR) is 66.7 cm³/mol. The third-order valence-electron chi connectivity index (χ3n) is 3.52. The van der Waals surface area contributed by atoms with E-state index in [1.807, 2.05) is 12.1 Å². The Kier molecular flexibility index (Phi) is 2.40. The van der Waals surface area contributed by atoms with E-state index in [1.54, 1.807) is 6.07 Å². The van der Waals surface area contributed by atoms with Crippen LogP contribution in [0, 0.1) is 0 Å². The van der Waals surface area contributed by atoms with Crippen molar-refractivity contribution < 1.29 is 5.11 Å². The number of aromatic nitrogens is 2. The van der Waals surface area contributed by atoms with Gasteiger partial charge in [0.05, 0.1) is 5.52 Å². The highest BCUT2D eigenvalue weighted by Crippen LogP contribution is 2.36. The number of phenols is 1. The molecule has 17 heavy (non-hydrogen) atoms. The highest BCUT2D eigenvalue weighted by Gasteiger charge is 2.23. The van der Waals surface area contributed by atoms with Gasteiger partial charge in [-0.2, -0.15) is 0 Å². The number of phenolic OH excluding ortho intramolecular Hbond substituents is 1. The van der Waals surface area contributed by atoms with Crippen molar-refractivity contribution in [1.82, 2.24) is 9.55 Å². The first-order valence-corrected chi connectivity index (χ1v) is 5.98. The lowest BCUT2D eigenvalue weighted by Gasteiger charge is -2.15. The Balaban J connectivity index is 2.22. The number of aromatic hydroxyl groups is 1. The molecule has 1 aromatic carbocycles. The van der Waals surface area contributed by atoms with Crippen LogP contribution in [0.2, 0.25) is 0 Å². The van der Waals surface area contributed by atoms with E-state index in [9.17, 15) is 5.11 Å². The number of para-hydroxylation sites is 1. The van der Waals surface area contributed by atoms with Crippen LogP contribution >= 0.6 is 0 Å². The van der Waals surface area contributed by atoms with Gasteiger partial charge < -0.3 is 9.67 Å². The minimum Gasteiger partial charge on any atom is -0.506 e. The molecule has 0 spiro atoms. The minimum absolute atomic E-state index is 0.204. The molecule has 3 rings (SSSR count). The van der Waals surface area contributed by atoms with Crippen LogP contribution in [0.1, 0.15) is 31.7 Å². The molecule has 5 nitrogen and oxygen atoms in total. The summed E-state index contributed by atoms with van der Waals surface area (Å²) in [6.07, 6.45) is 4.78. The third kappa shape index (κ3) is 1.54. The molecular weight excluding hydrogens is 216 g/mol. The molecule has 1 aliphatic rings. The second kappa shape index (κ2) is 3.92. The molecule has 0 aliphatic heterocycles. The molecule has 0 bridgehead atoms. The van der Waals surface area contributed by atoms with Gasteiger partial charge in [0.1, 0.15) is 11.3 Å². The average Bonchev–Trinajstić information content (AvgIpc) is 2.94. The fourth-order valence-electron chi connectivity index (χ4n) is 2.74. The molecule has 1 fully saturated rings. The van der Waals surface area contributed by atoms with Crippen molar-refractivity contribution >= 4 is 17.0 Å². The molecule has 1 saturated carbocycles. The number of benzene rings is 1. The molecule has 0 amide bonds. The van der Waals surface area contributed by atoms with Gasteiger partial charge in [-0.1, -0.05) is 18.9 Å². The van der Waals surface area contributed by atoms with E-state index < -0.39 is 0 Å². The van der Waals surface area contributed by atoms with Crippen molar-refractivity contribution in [2.75, 3.05) is 5.43 Å². The average molecular weight is 232 g/mol. The minimum atomic E-state index is 0.204. The Labute approximate surface area is 99.2 Å². The second-order valence-corrected chi connectivity index (χ2v) is 4.53. The lowest BCUT2D eigenvalue weighted by Crippen LogP contribution is -2.15. The lowest BCUT2D eigenvalue weighted by atomic mass is 10.2. The van der Waals surface area contributed by atoms with Crippen molar-refractivity contribution in [3.05, 3.63) is 18.2 Å². The predicted octanol–water partition coefficient (Wildman–Crippen LogP) is 2.14.